The van der Waals surface area contributed by atoms with Crippen LogP contribution in [0.15, 0.2) is 42.5 Å². The van der Waals surface area contributed by atoms with E-state index in [1.165, 1.54) is 6.07 Å². The topological polar surface area (TPSA) is 90.7 Å². The van der Waals surface area contributed by atoms with Crippen LogP contribution in [0.2, 0.25) is 0 Å². The number of nitrogens with one attached hydrogen (secondary N) is 1. The molecule has 0 aromatic heterocycles. The molecule has 0 spiro atoms. The summed E-state index contributed by atoms with van der Waals surface area (Å²) in [5.41, 5.74) is 0.349. The molecular formula is C17H17FN2O5. The summed E-state index contributed by atoms with van der Waals surface area (Å²) in [6.07, 6.45) is -0.753. The van der Waals surface area contributed by atoms with Crippen LogP contribution in [0.25, 0.3) is 0 Å². The van der Waals surface area contributed by atoms with Gasteiger partial charge in [0.05, 0.1) is 17.6 Å². The zero-order chi connectivity index (χ0) is 18.4. The lowest BCUT2D eigenvalue weighted by molar-refractivity contribution is -0.384. The minimum absolute atomic E-state index is 0.167. The monoisotopic (exact) mass is 348 g/mol. The molecule has 0 bridgehead atoms. The first-order chi connectivity index (χ1) is 11.9. The van der Waals surface area contributed by atoms with Crippen LogP contribution in [0.4, 0.5) is 21.5 Å². The number of benzene rings is 2. The number of carbonyl (C=O) groups excluding carboxylic acids is 1. The zero-order valence-corrected chi connectivity index (χ0v) is 13.7. The second-order valence-corrected chi connectivity index (χ2v) is 5.08. The fourth-order valence-electron chi connectivity index (χ4n) is 2.05. The Morgan fingerprint density at radius 2 is 1.96 bits per heavy atom. The number of rotatable bonds is 7. The van der Waals surface area contributed by atoms with E-state index in [-0.39, 0.29) is 18.0 Å². The average molecular weight is 348 g/mol. The molecule has 0 aliphatic carbocycles. The predicted octanol–water partition coefficient (Wildman–Crippen LogP) is 3.81. The maximum Gasteiger partial charge on any atom is 0.347 e. The number of nitrogens with zero attached hydrogens (tertiary/aromatic N) is 1. The molecule has 2 rings (SSSR count). The Balaban J connectivity index is 2.08. The second kappa shape index (κ2) is 8.09. The van der Waals surface area contributed by atoms with Crippen molar-refractivity contribution in [3.63, 3.8) is 0 Å². The molecule has 0 radical (unpaired) electrons. The van der Waals surface area contributed by atoms with Gasteiger partial charge in [-0.2, -0.15) is 0 Å². The number of nitro benzene ring substituents is 1. The molecule has 25 heavy (non-hydrogen) atoms. The highest BCUT2D eigenvalue weighted by atomic mass is 19.1. The summed E-state index contributed by atoms with van der Waals surface area (Å²) < 4.78 is 23.5. The van der Waals surface area contributed by atoms with E-state index in [0.717, 1.165) is 12.1 Å². The lowest BCUT2D eigenvalue weighted by Crippen LogP contribution is -2.25. The fourth-order valence-corrected chi connectivity index (χ4v) is 2.05. The van der Waals surface area contributed by atoms with E-state index in [1.807, 2.05) is 0 Å². The molecule has 0 saturated carbocycles. The van der Waals surface area contributed by atoms with Gasteiger partial charge in [-0.05, 0) is 50.2 Å². The highest BCUT2D eigenvalue weighted by molar-refractivity contribution is 5.74. The Morgan fingerprint density at radius 1 is 1.28 bits per heavy atom. The highest BCUT2D eigenvalue weighted by Crippen LogP contribution is 2.29. The second-order valence-electron chi connectivity index (χ2n) is 5.08. The third-order valence-corrected chi connectivity index (χ3v) is 3.22. The van der Waals surface area contributed by atoms with Gasteiger partial charge in [-0.1, -0.05) is 0 Å². The third kappa shape index (κ3) is 4.90. The van der Waals surface area contributed by atoms with Crippen LogP contribution in [-0.4, -0.2) is 23.6 Å². The standard InChI is InChI=1S/C17H17FN2O5/c1-3-24-17(21)11(2)25-14-7-5-13(6-8-14)19-15-9-4-12(18)10-16(15)20(22)23/h4-11,19H,3H2,1-2H3. The van der Waals surface area contributed by atoms with Crippen LogP contribution in [0, 0.1) is 15.9 Å². The summed E-state index contributed by atoms with van der Waals surface area (Å²) in [7, 11) is 0. The number of carbonyl (C=O) groups is 1. The first-order valence-electron chi connectivity index (χ1n) is 7.55. The number of ether oxygens (including phenoxy) is 2. The third-order valence-electron chi connectivity index (χ3n) is 3.22. The van der Waals surface area contributed by atoms with Crippen molar-refractivity contribution in [2.75, 3.05) is 11.9 Å². The van der Waals surface area contributed by atoms with Crippen molar-refractivity contribution in [2.24, 2.45) is 0 Å². The molecule has 1 unspecified atom stereocenters. The van der Waals surface area contributed by atoms with Crippen molar-refractivity contribution in [3.05, 3.63) is 58.4 Å². The number of nitro groups is 1. The average Bonchev–Trinajstić information content (AvgIpc) is 2.58. The maximum absolute atomic E-state index is 13.2. The molecule has 0 aliphatic rings. The van der Waals surface area contributed by atoms with Gasteiger partial charge >= 0.3 is 5.97 Å². The molecule has 1 atom stereocenters. The van der Waals surface area contributed by atoms with Crippen LogP contribution >= 0.6 is 0 Å². The largest absolute Gasteiger partial charge is 0.479 e. The van der Waals surface area contributed by atoms with Gasteiger partial charge in [-0.15, -0.1) is 0 Å². The number of hydrogen-bond donors (Lipinski definition) is 1. The Hall–Kier alpha value is -3.16. The molecule has 8 heteroatoms. The van der Waals surface area contributed by atoms with E-state index in [2.05, 4.69) is 5.32 Å². The lowest BCUT2D eigenvalue weighted by atomic mass is 10.2. The van der Waals surface area contributed by atoms with Gasteiger partial charge in [0, 0.05) is 5.69 Å². The van der Waals surface area contributed by atoms with Crippen LogP contribution in [-0.2, 0) is 9.53 Å². The molecule has 0 saturated heterocycles. The van der Waals surface area contributed by atoms with E-state index in [1.54, 1.807) is 38.1 Å². The first kappa shape index (κ1) is 18.2. The minimum atomic E-state index is -0.753. The van der Waals surface area contributed by atoms with Gasteiger partial charge in [0.2, 0.25) is 0 Å². The fraction of sp³-hybridized carbons (Fsp3) is 0.235. The van der Waals surface area contributed by atoms with Crippen molar-refractivity contribution in [3.8, 4) is 5.75 Å². The summed E-state index contributed by atoms with van der Waals surface area (Å²) in [5, 5.41) is 13.8. The number of hydrogen-bond acceptors (Lipinski definition) is 6. The minimum Gasteiger partial charge on any atom is -0.479 e. The van der Waals surface area contributed by atoms with E-state index in [9.17, 15) is 19.3 Å². The van der Waals surface area contributed by atoms with Gasteiger partial charge in [0.25, 0.3) is 5.69 Å². The first-order valence-corrected chi connectivity index (χ1v) is 7.55. The van der Waals surface area contributed by atoms with Gasteiger partial charge in [0.1, 0.15) is 17.3 Å². The van der Waals surface area contributed by atoms with Crippen LogP contribution in [0.1, 0.15) is 13.8 Å². The summed E-state index contributed by atoms with van der Waals surface area (Å²) in [6, 6.07) is 9.73. The molecule has 1 N–H and O–H groups in total. The molecule has 2 aromatic carbocycles. The van der Waals surface area contributed by atoms with Crippen LogP contribution in [0.5, 0.6) is 5.75 Å². The smallest absolute Gasteiger partial charge is 0.347 e. The Morgan fingerprint density at radius 3 is 2.56 bits per heavy atom. The Kier molecular flexibility index (Phi) is 5.89. The lowest BCUT2D eigenvalue weighted by Gasteiger charge is -2.14. The molecule has 0 fully saturated rings. The van der Waals surface area contributed by atoms with Crippen molar-refractivity contribution in [1.29, 1.82) is 0 Å². The molecule has 0 heterocycles. The predicted molar refractivity (Wildman–Crippen MR) is 89.5 cm³/mol. The number of esters is 1. The van der Waals surface area contributed by atoms with Crippen molar-refractivity contribution < 1.29 is 23.6 Å². The van der Waals surface area contributed by atoms with Gasteiger partial charge in [0.15, 0.2) is 6.10 Å². The Bertz CT molecular complexity index is 764. The molecule has 0 amide bonds. The highest BCUT2D eigenvalue weighted by Gasteiger charge is 2.17. The quantitative estimate of drug-likeness (QED) is 0.465. The zero-order valence-electron chi connectivity index (χ0n) is 13.7. The van der Waals surface area contributed by atoms with Gasteiger partial charge < -0.3 is 14.8 Å². The van der Waals surface area contributed by atoms with Gasteiger partial charge in [-0.25, -0.2) is 9.18 Å². The van der Waals surface area contributed by atoms with Crippen molar-refractivity contribution in [2.45, 2.75) is 20.0 Å². The number of halogens is 1. The summed E-state index contributed by atoms with van der Waals surface area (Å²) >= 11 is 0. The summed E-state index contributed by atoms with van der Waals surface area (Å²) in [5.74, 6) is -0.708. The van der Waals surface area contributed by atoms with E-state index < -0.39 is 22.8 Å². The van der Waals surface area contributed by atoms with Crippen molar-refractivity contribution in [1.82, 2.24) is 0 Å². The van der Waals surface area contributed by atoms with Gasteiger partial charge in [-0.3, -0.25) is 10.1 Å². The summed E-state index contributed by atoms with van der Waals surface area (Å²) in [4.78, 5) is 21.9. The van der Waals surface area contributed by atoms with Crippen molar-refractivity contribution >= 4 is 23.0 Å². The van der Waals surface area contributed by atoms with E-state index >= 15 is 0 Å². The summed E-state index contributed by atoms with van der Waals surface area (Å²) in [6.45, 7) is 3.55. The molecule has 132 valence electrons. The van der Waals surface area contributed by atoms with E-state index in [0.29, 0.717) is 11.4 Å². The normalized spacial score (nSPS) is 11.5. The molecule has 7 nitrogen and oxygen atoms in total. The SMILES string of the molecule is CCOC(=O)C(C)Oc1ccc(Nc2ccc(F)cc2[N+](=O)[O-])cc1. The number of anilines is 2. The Labute approximate surface area is 143 Å². The maximum atomic E-state index is 13.2. The van der Waals surface area contributed by atoms with Crippen LogP contribution < -0.4 is 10.1 Å². The molecule has 2 aromatic rings. The van der Waals surface area contributed by atoms with E-state index in [4.69, 9.17) is 9.47 Å². The van der Waals surface area contributed by atoms with Crippen LogP contribution in [0.3, 0.4) is 0 Å². The molecular weight excluding hydrogens is 331 g/mol. The molecule has 0 aliphatic heterocycles.